The average molecular weight is 375 g/mol. The highest BCUT2D eigenvalue weighted by molar-refractivity contribution is 8.07. The van der Waals surface area contributed by atoms with E-state index in [1.807, 2.05) is 31.1 Å². The van der Waals surface area contributed by atoms with Gasteiger partial charge < -0.3 is 18.7 Å². The van der Waals surface area contributed by atoms with E-state index in [0.717, 1.165) is 36.7 Å². The first-order valence-electron chi connectivity index (χ1n) is 7.75. The normalized spacial score (nSPS) is 10.5. The second-order valence-corrected chi connectivity index (χ2v) is 7.51. The van der Waals surface area contributed by atoms with Crippen LogP contribution in [0.4, 0.5) is 0 Å². The fourth-order valence-corrected chi connectivity index (χ4v) is 2.72. The van der Waals surface area contributed by atoms with Crippen LogP contribution in [0.15, 0.2) is 24.3 Å². The summed E-state index contributed by atoms with van der Waals surface area (Å²) in [6, 6.07) is 7.74. The number of hydrogen-bond donors (Lipinski definition) is 2. The third-order valence-electron chi connectivity index (χ3n) is 2.74. The Bertz CT molecular complexity index is 553. The molecule has 0 amide bonds. The minimum atomic E-state index is -2.92. The van der Waals surface area contributed by atoms with Crippen LogP contribution < -0.4 is 0 Å². The molecule has 0 saturated heterocycles. The Balaban J connectivity index is 0.000000415. The van der Waals surface area contributed by atoms with Crippen LogP contribution in [0.3, 0.4) is 0 Å². The van der Waals surface area contributed by atoms with Crippen LogP contribution in [0.2, 0.25) is 0 Å². The van der Waals surface area contributed by atoms with Crippen molar-refractivity contribution in [2.75, 3.05) is 13.2 Å². The van der Waals surface area contributed by atoms with Gasteiger partial charge >= 0.3 is 6.72 Å². The molecule has 1 heterocycles. The Hall–Kier alpha value is -1.18. The predicted octanol–water partition coefficient (Wildman–Crippen LogP) is 3.61. The van der Waals surface area contributed by atoms with Crippen LogP contribution in [-0.4, -0.2) is 40.3 Å². The molecule has 0 radical (unpaired) electrons. The fraction of sp³-hybridized carbons (Fsp3) is 0.533. The second kappa shape index (κ2) is 14.2. The number of carbonyl (C=O) groups is 1. The smallest absolute Gasteiger partial charge is 0.324 e. The summed E-state index contributed by atoms with van der Waals surface area (Å²) in [7, 11) is 0. The minimum absolute atomic E-state index is 0.496. The third-order valence-corrected chi connectivity index (χ3v) is 4.39. The molecule has 0 unspecified atom stereocenters. The summed E-state index contributed by atoms with van der Waals surface area (Å²) in [5.74, 6) is 0. The van der Waals surface area contributed by atoms with E-state index in [1.54, 1.807) is 0 Å². The molecule has 0 bridgehead atoms. The maximum absolute atomic E-state index is 9.45. The van der Waals surface area contributed by atoms with Crippen LogP contribution in [0, 0.1) is 0 Å². The minimum Gasteiger partial charge on any atom is -0.324 e. The summed E-state index contributed by atoms with van der Waals surface area (Å²) in [5.41, 5.74) is 1.90. The number of aromatic amines is 1. The van der Waals surface area contributed by atoms with Gasteiger partial charge in [-0.2, -0.15) is 0 Å². The Morgan fingerprint density at radius 2 is 1.71 bits per heavy atom. The molecule has 7 nitrogen and oxygen atoms in total. The molecule has 0 aliphatic heterocycles. The summed E-state index contributed by atoms with van der Waals surface area (Å²) >= 11 is 4.79. The third kappa shape index (κ3) is 10.6. The molecule has 0 atom stereocenters. The van der Waals surface area contributed by atoms with Gasteiger partial charge in [0.15, 0.2) is 0 Å². The lowest BCUT2D eigenvalue weighted by atomic mass is 10.3. The van der Waals surface area contributed by atoms with E-state index in [1.165, 1.54) is 0 Å². The van der Waals surface area contributed by atoms with E-state index < -0.39 is 6.72 Å². The number of H-pyrrole nitrogens is 1. The maximum Gasteiger partial charge on any atom is 0.324 e. The van der Waals surface area contributed by atoms with Crippen LogP contribution in [0.25, 0.3) is 11.0 Å². The first kappa shape index (κ1) is 22.8. The van der Waals surface area contributed by atoms with Gasteiger partial charge in [0, 0.05) is 0 Å². The number of hydrogen-bond acceptors (Lipinski definition) is 6. The van der Waals surface area contributed by atoms with Gasteiger partial charge in [-0.15, -0.1) is 5.10 Å². The molecular weight excluding hydrogens is 349 g/mol. The van der Waals surface area contributed by atoms with E-state index in [9.17, 15) is 4.89 Å². The first-order chi connectivity index (χ1) is 11.6. The van der Waals surface area contributed by atoms with Crippen molar-refractivity contribution in [1.82, 2.24) is 15.4 Å². The van der Waals surface area contributed by atoms with Crippen molar-refractivity contribution >= 4 is 36.3 Å². The van der Waals surface area contributed by atoms with Crippen molar-refractivity contribution < 1.29 is 18.7 Å². The number of nitrogens with zero attached hydrogens (tertiary/aromatic N) is 2. The van der Waals surface area contributed by atoms with Crippen molar-refractivity contribution in [2.24, 2.45) is 0 Å². The number of rotatable bonds is 8. The summed E-state index contributed by atoms with van der Waals surface area (Å²) in [6.45, 7) is 4.19. The second-order valence-electron chi connectivity index (χ2n) is 4.67. The van der Waals surface area contributed by atoms with E-state index in [0.29, 0.717) is 13.2 Å². The number of para-hydroxylation sites is 1. The molecule has 2 aromatic rings. The van der Waals surface area contributed by atoms with E-state index in [-0.39, 0.29) is 0 Å². The molecule has 1 aromatic heterocycles. The molecule has 136 valence electrons. The maximum atomic E-state index is 9.45. The molecule has 9 heteroatoms. The Morgan fingerprint density at radius 3 is 2.21 bits per heavy atom. The molecule has 0 spiro atoms. The standard InChI is InChI=1S/C8H19O3PS.C6H5N3.CH2O/c1-3-5-7-10-12(9,13)11-8-6-4-2;1-2-4-6-5(3-1)7-9-8-6;1-2/h3-8H2,1-2H3,(H,9,13);1-4H,(H,7,8,9);1H2. The van der Waals surface area contributed by atoms with Gasteiger partial charge in [0.25, 0.3) is 0 Å². The number of unbranched alkanes of at least 4 members (excludes halogenated alkanes) is 2. The van der Waals surface area contributed by atoms with Crippen molar-refractivity contribution in [3.63, 3.8) is 0 Å². The van der Waals surface area contributed by atoms with Gasteiger partial charge in [0.2, 0.25) is 0 Å². The Labute approximate surface area is 148 Å². The van der Waals surface area contributed by atoms with Crippen molar-refractivity contribution in [2.45, 2.75) is 39.5 Å². The van der Waals surface area contributed by atoms with Gasteiger partial charge in [0.05, 0.1) is 18.7 Å². The molecule has 24 heavy (non-hydrogen) atoms. The molecule has 0 aliphatic rings. The van der Waals surface area contributed by atoms with Crippen LogP contribution in [0.5, 0.6) is 0 Å². The summed E-state index contributed by atoms with van der Waals surface area (Å²) in [5, 5.41) is 10.2. The zero-order valence-corrected chi connectivity index (χ0v) is 15.9. The van der Waals surface area contributed by atoms with Crippen molar-refractivity contribution in [3.05, 3.63) is 24.3 Å². The summed E-state index contributed by atoms with van der Waals surface area (Å²) < 4.78 is 10.2. The molecule has 0 saturated carbocycles. The van der Waals surface area contributed by atoms with Gasteiger partial charge in [-0.25, -0.2) is 0 Å². The van der Waals surface area contributed by atoms with Gasteiger partial charge in [-0.05, 0) is 36.8 Å². The lowest BCUT2D eigenvalue weighted by molar-refractivity contribution is -0.0979. The first-order valence-corrected chi connectivity index (χ1v) is 10.3. The molecule has 2 rings (SSSR count). The molecule has 1 aromatic carbocycles. The van der Waals surface area contributed by atoms with E-state index >= 15 is 0 Å². The van der Waals surface area contributed by atoms with E-state index in [2.05, 4.69) is 29.3 Å². The molecular formula is C15H26N3O4PS. The highest BCUT2D eigenvalue weighted by Crippen LogP contribution is 2.43. The average Bonchev–Trinajstić information content (AvgIpc) is 3.06. The lowest BCUT2D eigenvalue weighted by Gasteiger charge is -2.14. The zero-order chi connectivity index (χ0) is 18.3. The summed E-state index contributed by atoms with van der Waals surface area (Å²) in [4.78, 5) is 17.4. The molecule has 0 fully saturated rings. The number of benzene rings is 1. The van der Waals surface area contributed by atoms with E-state index in [4.69, 9.17) is 25.6 Å². The monoisotopic (exact) mass is 375 g/mol. The number of carbonyl (C=O) groups excluding carboxylic acids is 1. The number of nitrogens with one attached hydrogen (secondary N) is 1. The van der Waals surface area contributed by atoms with Gasteiger partial charge in [-0.3, -0.25) is 5.10 Å². The largest absolute Gasteiger partial charge is 0.324 e. The molecule has 2 N–H and O–H groups in total. The fourth-order valence-electron chi connectivity index (χ4n) is 1.47. The summed E-state index contributed by atoms with van der Waals surface area (Å²) in [6.07, 6.45) is 3.89. The van der Waals surface area contributed by atoms with Gasteiger partial charge in [-0.1, -0.05) is 44.0 Å². The topological polar surface area (TPSA) is 97.3 Å². The van der Waals surface area contributed by atoms with Crippen molar-refractivity contribution in [3.8, 4) is 0 Å². The zero-order valence-electron chi connectivity index (χ0n) is 14.2. The predicted molar refractivity (Wildman–Crippen MR) is 99.2 cm³/mol. The van der Waals surface area contributed by atoms with Crippen molar-refractivity contribution in [1.29, 1.82) is 0 Å². The number of aromatic nitrogens is 3. The lowest BCUT2D eigenvalue weighted by Crippen LogP contribution is -1.97. The Morgan fingerprint density at radius 1 is 1.17 bits per heavy atom. The highest BCUT2D eigenvalue weighted by Gasteiger charge is 2.13. The van der Waals surface area contributed by atoms with Crippen LogP contribution in [0.1, 0.15) is 39.5 Å². The number of fused-ring (bicyclic) bond motifs is 1. The van der Waals surface area contributed by atoms with Crippen LogP contribution >= 0.6 is 6.72 Å². The van der Waals surface area contributed by atoms with Gasteiger partial charge in [0.1, 0.15) is 12.3 Å². The Kier molecular flexibility index (Phi) is 13.5. The molecule has 0 aliphatic carbocycles. The SMILES string of the molecule is C=O.CCCCOP(O)(=S)OCCCC.c1ccc2[nH]nnc2c1. The quantitative estimate of drug-likeness (QED) is 0.537. The van der Waals surface area contributed by atoms with Crippen LogP contribution in [-0.2, 0) is 25.6 Å². The highest BCUT2D eigenvalue weighted by atomic mass is 32.5.